The van der Waals surface area contributed by atoms with Gasteiger partial charge in [-0.25, -0.2) is 4.90 Å². The van der Waals surface area contributed by atoms with E-state index in [0.29, 0.717) is 32.0 Å². The van der Waals surface area contributed by atoms with E-state index < -0.39 is 0 Å². The molecule has 0 N–H and O–H groups in total. The summed E-state index contributed by atoms with van der Waals surface area (Å²) >= 11 is 16.4. The predicted molar refractivity (Wildman–Crippen MR) is 130 cm³/mol. The summed E-state index contributed by atoms with van der Waals surface area (Å²) < 4.78 is 6.79. The lowest BCUT2D eigenvalue weighted by molar-refractivity contribution is -0.113. The highest BCUT2D eigenvalue weighted by atomic mass is 79.9. The van der Waals surface area contributed by atoms with Gasteiger partial charge < -0.3 is 4.74 Å². The third-order valence-corrected chi connectivity index (χ3v) is 6.55. The zero-order valence-electron chi connectivity index (χ0n) is 15.8. The molecule has 0 aliphatic carbocycles. The first-order valence-corrected chi connectivity index (χ1v) is 11.5. The van der Waals surface area contributed by atoms with Crippen LogP contribution in [-0.4, -0.2) is 11.1 Å². The van der Waals surface area contributed by atoms with Crippen molar-refractivity contribution in [3.8, 4) is 5.75 Å². The second-order valence-electron chi connectivity index (χ2n) is 6.57. The SMILES string of the molecule is O=C1S/C(=C\c2cc(Br)ccc2OCc2ccc(Cl)c(Cl)c2)C(=O)N1c1ccccc1. The van der Waals surface area contributed by atoms with Crippen molar-refractivity contribution >= 4 is 73.8 Å². The number of rotatable bonds is 5. The molecule has 0 unspecified atom stereocenters. The molecule has 31 heavy (non-hydrogen) atoms. The molecule has 0 bridgehead atoms. The van der Waals surface area contributed by atoms with E-state index in [2.05, 4.69) is 15.9 Å². The number of anilines is 1. The summed E-state index contributed by atoms with van der Waals surface area (Å²) in [6.45, 7) is 0.269. The molecule has 1 fully saturated rings. The number of amides is 2. The Morgan fingerprint density at radius 2 is 1.74 bits per heavy atom. The Labute approximate surface area is 201 Å². The van der Waals surface area contributed by atoms with Crippen LogP contribution in [0.3, 0.4) is 0 Å². The first-order chi connectivity index (χ1) is 14.9. The van der Waals surface area contributed by atoms with E-state index in [-0.39, 0.29) is 17.8 Å². The Hall–Kier alpha value is -2.25. The van der Waals surface area contributed by atoms with Gasteiger partial charge in [-0.05, 0) is 65.9 Å². The highest BCUT2D eigenvalue weighted by Crippen LogP contribution is 2.37. The molecule has 0 aromatic heterocycles. The number of carbonyl (C=O) groups is 2. The van der Waals surface area contributed by atoms with E-state index in [1.807, 2.05) is 24.3 Å². The first-order valence-electron chi connectivity index (χ1n) is 9.11. The summed E-state index contributed by atoms with van der Waals surface area (Å²) in [6.07, 6.45) is 1.67. The number of thioether (sulfide) groups is 1. The molecule has 1 saturated heterocycles. The molecule has 4 rings (SSSR count). The molecule has 1 heterocycles. The topological polar surface area (TPSA) is 46.6 Å². The molecule has 2 amide bonds. The molecule has 4 nitrogen and oxygen atoms in total. The lowest BCUT2D eigenvalue weighted by Gasteiger charge is -2.12. The van der Waals surface area contributed by atoms with Gasteiger partial charge in [-0.15, -0.1) is 0 Å². The maximum absolute atomic E-state index is 12.9. The highest BCUT2D eigenvalue weighted by Gasteiger charge is 2.36. The van der Waals surface area contributed by atoms with Gasteiger partial charge in [0.2, 0.25) is 0 Å². The monoisotopic (exact) mass is 533 g/mol. The van der Waals surface area contributed by atoms with Crippen molar-refractivity contribution < 1.29 is 14.3 Å². The number of hydrogen-bond acceptors (Lipinski definition) is 4. The van der Waals surface area contributed by atoms with Crippen molar-refractivity contribution in [2.75, 3.05) is 4.90 Å². The molecule has 0 saturated carbocycles. The fourth-order valence-corrected chi connectivity index (χ4v) is 4.49. The summed E-state index contributed by atoms with van der Waals surface area (Å²) in [4.78, 5) is 26.9. The molecule has 3 aromatic rings. The summed E-state index contributed by atoms with van der Waals surface area (Å²) in [7, 11) is 0. The molecule has 156 valence electrons. The third kappa shape index (κ3) is 4.99. The first kappa shape index (κ1) is 22.0. The number of imide groups is 1. The van der Waals surface area contributed by atoms with Gasteiger partial charge in [0, 0.05) is 10.0 Å². The standard InChI is InChI=1S/C23H14BrCl2NO3S/c24-16-7-9-20(30-13-14-6-8-18(25)19(26)10-14)15(11-16)12-21-22(28)27(23(29)31-21)17-4-2-1-3-5-17/h1-12H,13H2/b21-12-. The van der Waals surface area contributed by atoms with Crippen molar-refractivity contribution in [1.29, 1.82) is 0 Å². The Morgan fingerprint density at radius 1 is 0.968 bits per heavy atom. The van der Waals surface area contributed by atoms with E-state index >= 15 is 0 Å². The number of benzene rings is 3. The van der Waals surface area contributed by atoms with E-state index in [1.54, 1.807) is 48.5 Å². The second-order valence-corrected chi connectivity index (χ2v) is 9.30. The van der Waals surface area contributed by atoms with Gasteiger partial charge in [0.15, 0.2) is 0 Å². The minimum atomic E-state index is -0.364. The number of hydrogen-bond donors (Lipinski definition) is 0. The largest absolute Gasteiger partial charge is 0.488 e. The van der Waals surface area contributed by atoms with Gasteiger partial charge in [0.05, 0.1) is 20.6 Å². The van der Waals surface area contributed by atoms with Crippen LogP contribution in [0.15, 0.2) is 76.1 Å². The fraction of sp³-hybridized carbons (Fsp3) is 0.0435. The summed E-state index contributed by atoms with van der Waals surface area (Å²) in [5.41, 5.74) is 2.07. The van der Waals surface area contributed by atoms with Crippen LogP contribution in [0.1, 0.15) is 11.1 Å². The third-order valence-electron chi connectivity index (χ3n) is 4.44. The van der Waals surface area contributed by atoms with E-state index in [1.165, 1.54) is 4.90 Å². The minimum Gasteiger partial charge on any atom is -0.488 e. The number of nitrogens with zero attached hydrogens (tertiary/aromatic N) is 1. The van der Waals surface area contributed by atoms with Crippen LogP contribution >= 0.6 is 50.9 Å². The average molecular weight is 535 g/mol. The van der Waals surface area contributed by atoms with Crippen LogP contribution < -0.4 is 9.64 Å². The summed E-state index contributed by atoms with van der Waals surface area (Å²) in [6, 6.07) is 19.6. The molecule has 1 aliphatic rings. The van der Waals surface area contributed by atoms with Crippen molar-refractivity contribution in [1.82, 2.24) is 0 Å². The number of carbonyl (C=O) groups excluding carboxylic acids is 2. The number of halogens is 3. The van der Waals surface area contributed by atoms with Crippen LogP contribution in [0.25, 0.3) is 6.08 Å². The van der Waals surface area contributed by atoms with Gasteiger partial charge in [0.1, 0.15) is 12.4 Å². The zero-order chi connectivity index (χ0) is 22.0. The number of ether oxygens (including phenoxy) is 1. The lowest BCUT2D eigenvalue weighted by atomic mass is 10.1. The van der Waals surface area contributed by atoms with Crippen LogP contribution in [0.4, 0.5) is 10.5 Å². The number of para-hydroxylation sites is 1. The maximum atomic E-state index is 12.9. The highest BCUT2D eigenvalue weighted by molar-refractivity contribution is 9.10. The Kier molecular flexibility index (Phi) is 6.72. The molecule has 0 radical (unpaired) electrons. The smallest absolute Gasteiger partial charge is 0.298 e. The minimum absolute atomic E-state index is 0.269. The van der Waals surface area contributed by atoms with E-state index in [4.69, 9.17) is 27.9 Å². The lowest BCUT2D eigenvalue weighted by Crippen LogP contribution is -2.27. The van der Waals surface area contributed by atoms with Gasteiger partial charge in [-0.1, -0.05) is 63.4 Å². The van der Waals surface area contributed by atoms with E-state index in [0.717, 1.165) is 21.8 Å². The second kappa shape index (κ2) is 9.49. The van der Waals surface area contributed by atoms with Crippen molar-refractivity contribution in [2.45, 2.75) is 6.61 Å². The normalized spacial score (nSPS) is 15.1. The van der Waals surface area contributed by atoms with Gasteiger partial charge in [0.25, 0.3) is 11.1 Å². The molecule has 0 spiro atoms. The molecule has 8 heteroatoms. The molecule has 1 aliphatic heterocycles. The van der Waals surface area contributed by atoms with Crippen molar-refractivity contribution in [3.63, 3.8) is 0 Å². The Bertz CT molecular complexity index is 1200. The predicted octanol–water partition coefficient (Wildman–Crippen LogP) is 7.58. The van der Waals surface area contributed by atoms with Crippen LogP contribution in [0.2, 0.25) is 10.0 Å². The van der Waals surface area contributed by atoms with Crippen LogP contribution in [0.5, 0.6) is 5.75 Å². The Balaban J connectivity index is 1.60. The van der Waals surface area contributed by atoms with Gasteiger partial charge in [-0.3, -0.25) is 9.59 Å². The quantitative estimate of drug-likeness (QED) is 0.316. The zero-order valence-corrected chi connectivity index (χ0v) is 19.8. The summed E-state index contributed by atoms with van der Waals surface area (Å²) in [5, 5.41) is 0.591. The van der Waals surface area contributed by atoms with Gasteiger partial charge >= 0.3 is 0 Å². The van der Waals surface area contributed by atoms with Crippen LogP contribution in [0, 0.1) is 0 Å². The van der Waals surface area contributed by atoms with Crippen molar-refractivity contribution in [3.05, 3.63) is 97.3 Å². The Morgan fingerprint density at radius 3 is 2.48 bits per heavy atom. The summed E-state index contributed by atoms with van der Waals surface area (Å²) in [5.74, 6) is 0.206. The molecular formula is C23H14BrCl2NO3S. The average Bonchev–Trinajstić information content (AvgIpc) is 3.03. The molecule has 0 atom stereocenters. The fourth-order valence-electron chi connectivity index (χ4n) is 2.96. The maximum Gasteiger partial charge on any atom is 0.298 e. The van der Waals surface area contributed by atoms with Crippen molar-refractivity contribution in [2.24, 2.45) is 0 Å². The van der Waals surface area contributed by atoms with Crippen LogP contribution in [-0.2, 0) is 11.4 Å². The molecular weight excluding hydrogens is 521 g/mol. The van der Waals surface area contributed by atoms with Gasteiger partial charge in [-0.2, -0.15) is 0 Å². The van der Waals surface area contributed by atoms with E-state index in [9.17, 15) is 9.59 Å². The molecule has 3 aromatic carbocycles.